The van der Waals surface area contributed by atoms with E-state index in [1.165, 1.54) is 0 Å². The number of ether oxygens (including phenoxy) is 1. The average Bonchev–Trinajstić information content (AvgIpc) is 2.25. The van der Waals surface area contributed by atoms with Gasteiger partial charge in [-0.3, -0.25) is 0 Å². The molecule has 2 nitrogen and oxygen atoms in total. The van der Waals surface area contributed by atoms with Crippen molar-refractivity contribution >= 4 is 11.6 Å². The molecule has 0 spiro atoms. The number of hydrogen-bond donors (Lipinski definition) is 1. The molecule has 0 unspecified atom stereocenters. The summed E-state index contributed by atoms with van der Waals surface area (Å²) >= 11 is 6.01. The van der Waals surface area contributed by atoms with E-state index in [-0.39, 0.29) is 11.1 Å². The van der Waals surface area contributed by atoms with Crippen LogP contribution in [0.2, 0.25) is 0 Å². The Hall–Kier alpha value is 0.210. The van der Waals surface area contributed by atoms with E-state index in [1.54, 1.807) is 7.11 Å². The van der Waals surface area contributed by atoms with Gasteiger partial charge < -0.3 is 10.1 Å². The number of hydrogen-bond acceptors (Lipinski definition) is 2. The van der Waals surface area contributed by atoms with Crippen LogP contribution >= 0.6 is 11.6 Å². The molecule has 0 aliphatic rings. The van der Waals surface area contributed by atoms with Crippen molar-refractivity contribution in [2.24, 2.45) is 0 Å². The first-order chi connectivity index (χ1) is 6.95. The third-order valence-corrected chi connectivity index (χ3v) is 3.90. The molecule has 0 aliphatic carbocycles. The molecule has 0 saturated heterocycles. The summed E-state index contributed by atoms with van der Waals surface area (Å²) in [5.74, 6) is 0.674. The van der Waals surface area contributed by atoms with E-state index < -0.39 is 0 Å². The van der Waals surface area contributed by atoms with Crippen molar-refractivity contribution in [2.45, 2.75) is 58.1 Å². The van der Waals surface area contributed by atoms with Crippen LogP contribution in [0.5, 0.6) is 0 Å². The minimum Gasteiger partial charge on any atom is -0.379 e. The van der Waals surface area contributed by atoms with Crippen LogP contribution in [-0.4, -0.2) is 30.7 Å². The van der Waals surface area contributed by atoms with Crippen LogP contribution in [0.1, 0.15) is 47.0 Å². The Kier molecular flexibility index (Phi) is 6.81. The van der Waals surface area contributed by atoms with Crippen LogP contribution in [0.4, 0.5) is 0 Å². The number of rotatable bonds is 8. The second kappa shape index (κ2) is 6.72. The number of halogens is 1. The highest BCUT2D eigenvalue weighted by atomic mass is 35.5. The van der Waals surface area contributed by atoms with Crippen LogP contribution in [0.3, 0.4) is 0 Å². The van der Waals surface area contributed by atoms with Crippen LogP contribution in [0.15, 0.2) is 0 Å². The maximum absolute atomic E-state index is 6.01. The van der Waals surface area contributed by atoms with Gasteiger partial charge in [0, 0.05) is 18.5 Å². The van der Waals surface area contributed by atoms with E-state index in [9.17, 15) is 0 Å². The minimum absolute atomic E-state index is 0.0491. The fourth-order valence-corrected chi connectivity index (χ4v) is 1.94. The lowest BCUT2D eigenvalue weighted by Crippen LogP contribution is -2.47. The fraction of sp³-hybridized carbons (Fsp3) is 1.00. The smallest absolute Gasteiger partial charge is 0.0634 e. The van der Waals surface area contributed by atoms with Gasteiger partial charge in [0.15, 0.2) is 0 Å². The first kappa shape index (κ1) is 15.2. The molecule has 0 radical (unpaired) electrons. The van der Waals surface area contributed by atoms with Gasteiger partial charge >= 0.3 is 0 Å². The molecule has 0 aromatic carbocycles. The average molecular weight is 236 g/mol. The molecule has 3 heteroatoms. The zero-order chi connectivity index (χ0) is 11.9. The van der Waals surface area contributed by atoms with Crippen molar-refractivity contribution in [3.63, 3.8) is 0 Å². The van der Waals surface area contributed by atoms with Gasteiger partial charge in [0.2, 0.25) is 0 Å². The van der Waals surface area contributed by atoms with Gasteiger partial charge in [0.25, 0.3) is 0 Å². The predicted octanol–water partition coefficient (Wildman–Crippen LogP) is 3.19. The van der Waals surface area contributed by atoms with Gasteiger partial charge in [0.1, 0.15) is 0 Å². The molecule has 0 aromatic heterocycles. The molecule has 0 saturated carbocycles. The summed E-state index contributed by atoms with van der Waals surface area (Å²) in [5.41, 5.74) is 0.0535. The molecule has 0 atom stereocenters. The Morgan fingerprint density at radius 2 is 1.73 bits per heavy atom. The van der Waals surface area contributed by atoms with Crippen molar-refractivity contribution < 1.29 is 4.74 Å². The first-order valence-electron chi connectivity index (χ1n) is 5.81. The summed E-state index contributed by atoms with van der Waals surface area (Å²) in [5, 5.41) is 3.56. The van der Waals surface area contributed by atoms with Gasteiger partial charge in [-0.25, -0.2) is 0 Å². The Morgan fingerprint density at radius 1 is 1.20 bits per heavy atom. The molecule has 0 aromatic rings. The molecule has 0 amide bonds. The van der Waals surface area contributed by atoms with E-state index in [4.69, 9.17) is 16.3 Å². The van der Waals surface area contributed by atoms with Gasteiger partial charge in [0.05, 0.1) is 5.60 Å². The van der Waals surface area contributed by atoms with E-state index in [2.05, 4.69) is 33.0 Å². The van der Waals surface area contributed by atoms with Crippen LogP contribution in [0.25, 0.3) is 0 Å². The highest BCUT2D eigenvalue weighted by Gasteiger charge is 2.25. The number of alkyl halides is 1. The van der Waals surface area contributed by atoms with Gasteiger partial charge in [-0.15, -0.1) is 11.6 Å². The van der Waals surface area contributed by atoms with Crippen molar-refractivity contribution in [1.29, 1.82) is 0 Å². The molecule has 0 fully saturated rings. The topological polar surface area (TPSA) is 21.3 Å². The standard InChI is InChI=1S/C12H26ClNO/c1-6-12(7-2,10-13)14-9-8-11(3,4)15-5/h14H,6-10H2,1-5H3. The van der Waals surface area contributed by atoms with Gasteiger partial charge in [-0.1, -0.05) is 13.8 Å². The summed E-state index contributed by atoms with van der Waals surface area (Å²) in [4.78, 5) is 0. The molecule has 0 bridgehead atoms. The largest absolute Gasteiger partial charge is 0.379 e. The lowest BCUT2D eigenvalue weighted by Gasteiger charge is -2.32. The molecule has 1 N–H and O–H groups in total. The van der Waals surface area contributed by atoms with Gasteiger partial charge in [-0.05, 0) is 39.7 Å². The maximum Gasteiger partial charge on any atom is 0.0634 e. The number of nitrogens with one attached hydrogen (secondary N) is 1. The normalized spacial score (nSPS) is 13.2. The fourth-order valence-electron chi connectivity index (χ4n) is 1.47. The van der Waals surface area contributed by atoms with E-state index >= 15 is 0 Å². The quantitative estimate of drug-likeness (QED) is 0.653. The van der Waals surface area contributed by atoms with Crippen LogP contribution < -0.4 is 5.32 Å². The molecular formula is C12H26ClNO. The summed E-state index contributed by atoms with van der Waals surface area (Å²) in [6.07, 6.45) is 3.14. The maximum atomic E-state index is 6.01. The SMILES string of the molecule is CCC(CC)(CCl)NCCC(C)(C)OC. The van der Waals surface area contributed by atoms with E-state index in [0.29, 0.717) is 5.88 Å². The minimum atomic E-state index is -0.0491. The van der Waals surface area contributed by atoms with Crippen molar-refractivity contribution in [3.05, 3.63) is 0 Å². The predicted molar refractivity (Wildman–Crippen MR) is 67.7 cm³/mol. The monoisotopic (exact) mass is 235 g/mol. The van der Waals surface area contributed by atoms with E-state index in [0.717, 1.165) is 25.8 Å². The van der Waals surface area contributed by atoms with Crippen LogP contribution in [0, 0.1) is 0 Å². The Morgan fingerprint density at radius 3 is 2.07 bits per heavy atom. The first-order valence-corrected chi connectivity index (χ1v) is 6.35. The molecule has 15 heavy (non-hydrogen) atoms. The molecule has 0 heterocycles. The molecule has 92 valence electrons. The number of methoxy groups -OCH3 is 1. The summed E-state index contributed by atoms with van der Waals surface area (Å²) in [7, 11) is 1.76. The van der Waals surface area contributed by atoms with E-state index in [1.807, 2.05) is 0 Å². The summed E-state index contributed by atoms with van der Waals surface area (Å²) in [6.45, 7) is 9.53. The Bertz CT molecular complexity index is 159. The van der Waals surface area contributed by atoms with Crippen LogP contribution in [-0.2, 0) is 4.74 Å². The lowest BCUT2D eigenvalue weighted by molar-refractivity contribution is 0.0143. The summed E-state index contributed by atoms with van der Waals surface area (Å²) < 4.78 is 5.38. The molecular weight excluding hydrogens is 210 g/mol. The van der Waals surface area contributed by atoms with Crippen molar-refractivity contribution in [3.8, 4) is 0 Å². The lowest BCUT2D eigenvalue weighted by atomic mass is 9.94. The Balaban J connectivity index is 4.02. The Labute approximate surface area is 99.7 Å². The highest BCUT2D eigenvalue weighted by Crippen LogP contribution is 2.18. The zero-order valence-electron chi connectivity index (χ0n) is 10.8. The molecule has 0 rings (SSSR count). The second-order valence-corrected chi connectivity index (χ2v) is 5.03. The third-order valence-electron chi connectivity index (χ3n) is 3.39. The second-order valence-electron chi connectivity index (χ2n) is 4.76. The zero-order valence-corrected chi connectivity index (χ0v) is 11.6. The summed E-state index contributed by atoms with van der Waals surface area (Å²) in [6, 6.07) is 0. The van der Waals surface area contributed by atoms with Crippen molar-refractivity contribution in [1.82, 2.24) is 5.32 Å². The highest BCUT2D eigenvalue weighted by molar-refractivity contribution is 6.18. The molecule has 0 aliphatic heterocycles. The van der Waals surface area contributed by atoms with Gasteiger partial charge in [-0.2, -0.15) is 0 Å². The third kappa shape index (κ3) is 5.19. The van der Waals surface area contributed by atoms with Crippen molar-refractivity contribution in [2.75, 3.05) is 19.5 Å².